The number of benzene rings is 1. The molecular weight excluding hydrogens is 325 g/mol. The molecule has 0 saturated heterocycles. The van der Waals surface area contributed by atoms with Crippen LogP contribution in [-0.2, 0) is 39.1 Å². The fourth-order valence-corrected chi connectivity index (χ4v) is 2.20. The van der Waals surface area contributed by atoms with Crippen molar-refractivity contribution in [2.24, 2.45) is 0 Å². The normalized spacial score (nSPS) is 10.2. The van der Waals surface area contributed by atoms with Crippen LogP contribution in [0, 0.1) is 6.92 Å². The number of aryl methyl sites for hydroxylation is 1. The van der Waals surface area contributed by atoms with Crippen molar-refractivity contribution in [3.05, 3.63) is 65.3 Å². The monoisotopic (exact) mass is 338 g/mol. The number of pyridine rings is 1. The Morgan fingerprint density at radius 3 is 2.55 bits per heavy atom. The van der Waals surface area contributed by atoms with Gasteiger partial charge in [-0.2, -0.15) is 0 Å². The molecule has 2 heterocycles. The van der Waals surface area contributed by atoms with Crippen LogP contribution in [0.2, 0.25) is 0 Å². The molecule has 0 unspecified atom stereocenters. The largest absolute Gasteiger partial charge is 3.00 e. The van der Waals surface area contributed by atoms with Gasteiger partial charge < -0.3 is 10.8 Å². The van der Waals surface area contributed by atoms with Crippen LogP contribution in [0.25, 0.3) is 16.5 Å². The van der Waals surface area contributed by atoms with Gasteiger partial charge in [-0.05, 0) is 35.8 Å². The van der Waals surface area contributed by atoms with Crippen LogP contribution in [0.15, 0.2) is 42.6 Å². The third-order valence-corrected chi connectivity index (χ3v) is 3.10. The van der Waals surface area contributed by atoms with Crippen LogP contribution < -0.4 is 0 Å². The second-order valence-electron chi connectivity index (χ2n) is 4.52. The van der Waals surface area contributed by atoms with Crippen molar-refractivity contribution >= 4 is 16.6 Å². The second kappa shape index (κ2) is 6.38. The van der Waals surface area contributed by atoms with Gasteiger partial charge in [0.2, 0.25) is 0 Å². The molecule has 3 rings (SSSR count). The summed E-state index contributed by atoms with van der Waals surface area (Å²) in [5.41, 5.74) is 10.8. The molecule has 20 heavy (non-hydrogen) atoms. The molecule has 0 aliphatic rings. The van der Waals surface area contributed by atoms with E-state index in [0.717, 1.165) is 27.7 Å². The third-order valence-electron chi connectivity index (χ3n) is 3.10. The van der Waals surface area contributed by atoms with Crippen LogP contribution in [0.3, 0.4) is 0 Å². The van der Waals surface area contributed by atoms with Crippen molar-refractivity contribution in [3.8, 4) is 0 Å². The first kappa shape index (κ1) is 15.0. The van der Waals surface area contributed by atoms with Crippen molar-refractivity contribution in [2.45, 2.75) is 13.3 Å². The Bertz CT molecular complexity index is 743. The molecular formula is C15H13N4Y+2. The SMILES string of the molecule is Cc1cc(Cc2nnc([NH-])c3ccccc23)ccn1.[Y+3]. The summed E-state index contributed by atoms with van der Waals surface area (Å²) < 4.78 is 0. The van der Waals surface area contributed by atoms with E-state index in [1.165, 1.54) is 0 Å². The minimum Gasteiger partial charge on any atom is -0.480 e. The quantitative estimate of drug-likeness (QED) is 0.717. The summed E-state index contributed by atoms with van der Waals surface area (Å²) in [6.45, 7) is 1.97. The van der Waals surface area contributed by atoms with Gasteiger partial charge in [-0.1, -0.05) is 24.3 Å². The molecule has 5 heteroatoms. The third kappa shape index (κ3) is 3.02. The maximum absolute atomic E-state index is 7.79. The summed E-state index contributed by atoms with van der Waals surface area (Å²) in [6.07, 6.45) is 2.51. The van der Waals surface area contributed by atoms with E-state index in [0.29, 0.717) is 6.42 Å². The van der Waals surface area contributed by atoms with Crippen LogP contribution in [0.4, 0.5) is 5.82 Å². The van der Waals surface area contributed by atoms with Crippen LogP contribution >= 0.6 is 0 Å². The number of nitrogens with one attached hydrogen (secondary N) is 1. The average molecular weight is 338 g/mol. The molecule has 0 bridgehead atoms. The Labute approximate surface area is 142 Å². The van der Waals surface area contributed by atoms with E-state index >= 15 is 0 Å². The number of fused-ring (bicyclic) bond motifs is 1. The molecule has 0 saturated carbocycles. The predicted octanol–water partition coefficient (Wildman–Crippen LogP) is 3.61. The summed E-state index contributed by atoms with van der Waals surface area (Å²) in [7, 11) is 0. The molecule has 4 nitrogen and oxygen atoms in total. The molecule has 3 aromatic rings. The van der Waals surface area contributed by atoms with Gasteiger partial charge in [0.25, 0.3) is 0 Å². The zero-order valence-corrected chi connectivity index (χ0v) is 14.0. The van der Waals surface area contributed by atoms with Crippen molar-refractivity contribution in [1.29, 1.82) is 0 Å². The van der Waals surface area contributed by atoms with Crippen LogP contribution in [0.5, 0.6) is 0 Å². The first-order chi connectivity index (χ1) is 9.24. The Balaban J connectivity index is 0.00000147. The second-order valence-corrected chi connectivity index (χ2v) is 4.52. The van der Waals surface area contributed by atoms with Crippen molar-refractivity contribution in [1.82, 2.24) is 15.2 Å². The van der Waals surface area contributed by atoms with Gasteiger partial charge in [-0.25, -0.2) is 0 Å². The average Bonchev–Trinajstić information content (AvgIpc) is 2.42. The van der Waals surface area contributed by atoms with E-state index in [-0.39, 0.29) is 38.5 Å². The van der Waals surface area contributed by atoms with Gasteiger partial charge in [0.05, 0.1) is 5.69 Å². The minimum absolute atomic E-state index is 0. The maximum Gasteiger partial charge on any atom is 3.00 e. The maximum atomic E-state index is 7.79. The zero-order chi connectivity index (χ0) is 13.2. The molecule has 0 amide bonds. The van der Waals surface area contributed by atoms with Gasteiger partial charge >= 0.3 is 32.7 Å². The van der Waals surface area contributed by atoms with Gasteiger partial charge in [0.1, 0.15) is 0 Å². The summed E-state index contributed by atoms with van der Waals surface area (Å²) in [6, 6.07) is 11.8. The fraction of sp³-hybridized carbons (Fsp3) is 0.133. The molecule has 94 valence electrons. The van der Waals surface area contributed by atoms with Gasteiger partial charge in [0.15, 0.2) is 0 Å². The van der Waals surface area contributed by atoms with Gasteiger partial charge in [-0.3, -0.25) is 10.1 Å². The fourth-order valence-electron chi connectivity index (χ4n) is 2.20. The number of nitrogens with zero attached hydrogens (tertiary/aromatic N) is 3. The van der Waals surface area contributed by atoms with Crippen molar-refractivity contribution < 1.29 is 32.7 Å². The molecule has 0 spiro atoms. The van der Waals surface area contributed by atoms with Crippen LogP contribution in [-0.4, -0.2) is 15.2 Å². The van der Waals surface area contributed by atoms with E-state index in [9.17, 15) is 0 Å². The number of aromatic nitrogens is 3. The van der Waals surface area contributed by atoms with E-state index in [1.807, 2.05) is 43.3 Å². The Morgan fingerprint density at radius 2 is 1.80 bits per heavy atom. The topological polar surface area (TPSA) is 62.5 Å². The number of hydrogen-bond acceptors (Lipinski definition) is 3. The van der Waals surface area contributed by atoms with E-state index < -0.39 is 0 Å². The number of rotatable bonds is 2. The predicted molar refractivity (Wildman–Crippen MR) is 75.3 cm³/mol. The number of hydrogen-bond donors (Lipinski definition) is 0. The molecule has 0 fully saturated rings. The molecule has 0 aliphatic carbocycles. The van der Waals surface area contributed by atoms with Gasteiger partial charge in [0, 0.05) is 23.7 Å². The molecule has 2 aromatic heterocycles. The van der Waals surface area contributed by atoms with Crippen molar-refractivity contribution in [2.75, 3.05) is 0 Å². The molecule has 1 aromatic carbocycles. The summed E-state index contributed by atoms with van der Waals surface area (Å²) in [5.74, 6) is 0.227. The smallest absolute Gasteiger partial charge is 0.480 e. The summed E-state index contributed by atoms with van der Waals surface area (Å²) >= 11 is 0. The molecule has 0 radical (unpaired) electrons. The van der Waals surface area contributed by atoms with E-state index in [2.05, 4.69) is 15.2 Å². The first-order valence-corrected chi connectivity index (χ1v) is 6.11. The standard InChI is InChI=1S/C15H13N4.Y/c1-10-8-11(6-7-17-10)9-14-12-4-2-3-5-13(12)15(16)19-18-14;/h2-8H,9H2,1H3,(H-,16,19);/q-1;+3. The van der Waals surface area contributed by atoms with Gasteiger partial charge in [-0.15, -0.1) is 0 Å². The zero-order valence-electron chi connectivity index (χ0n) is 11.2. The Morgan fingerprint density at radius 1 is 1.05 bits per heavy atom. The Hall–Kier alpha value is -1.39. The molecule has 0 atom stereocenters. The molecule has 0 aliphatic heterocycles. The van der Waals surface area contributed by atoms with E-state index in [4.69, 9.17) is 5.73 Å². The Kier molecular flexibility index (Phi) is 4.79. The minimum atomic E-state index is 0. The van der Waals surface area contributed by atoms with Crippen molar-refractivity contribution in [3.63, 3.8) is 0 Å². The summed E-state index contributed by atoms with van der Waals surface area (Å²) in [5, 5.41) is 9.94. The first-order valence-electron chi connectivity index (χ1n) is 6.11. The van der Waals surface area contributed by atoms with E-state index in [1.54, 1.807) is 6.20 Å². The van der Waals surface area contributed by atoms with Crippen LogP contribution in [0.1, 0.15) is 17.0 Å². The molecule has 1 N–H and O–H groups in total. The summed E-state index contributed by atoms with van der Waals surface area (Å²) in [4.78, 5) is 4.19.